The lowest BCUT2D eigenvalue weighted by molar-refractivity contribution is -0.655. The first-order valence-corrected chi connectivity index (χ1v) is 2.63. The molecular weight excluding hydrogens is 168 g/mol. The second kappa shape index (κ2) is 5.59. The molecule has 0 bridgehead atoms. The van der Waals surface area contributed by atoms with E-state index in [-0.39, 0.29) is 0 Å². The topological polar surface area (TPSA) is 144 Å². The molecule has 10 heteroatoms. The molecule has 0 aromatic rings. The predicted molar refractivity (Wildman–Crippen MR) is 36.9 cm³/mol. The molecule has 0 spiro atoms. The summed E-state index contributed by atoms with van der Waals surface area (Å²) in [5.41, 5.74) is 15.7. The maximum Gasteiger partial charge on any atom is 0.160 e. The second-order valence-corrected chi connectivity index (χ2v) is 1.49. The second-order valence-electron chi connectivity index (χ2n) is 1.49. The zero-order valence-corrected chi connectivity index (χ0v) is 5.81. The summed E-state index contributed by atoms with van der Waals surface area (Å²) in [4.78, 5) is 14.7. The van der Waals surface area contributed by atoms with E-state index >= 15 is 0 Å². The third-order valence-corrected chi connectivity index (χ3v) is 0.810. The smallest absolute Gasteiger partial charge is 0.160 e. The van der Waals surface area contributed by atoms with Crippen LogP contribution in [0.2, 0.25) is 0 Å². The molecular formula is C2H4N8O2. The zero-order valence-electron chi connectivity index (χ0n) is 5.81. The number of nitrogens with zero attached hydrogens (tertiary/aromatic N) is 8. The van der Waals surface area contributed by atoms with Gasteiger partial charge in [0.05, 0.1) is 0 Å². The summed E-state index contributed by atoms with van der Waals surface area (Å²) in [6.45, 7) is -0.939. The van der Waals surface area contributed by atoms with E-state index in [1.54, 1.807) is 0 Å². The minimum atomic E-state index is -0.816. The van der Waals surface area contributed by atoms with E-state index in [1.807, 2.05) is 0 Å². The van der Waals surface area contributed by atoms with Crippen molar-refractivity contribution in [2.45, 2.75) is 0 Å². The van der Waals surface area contributed by atoms with E-state index in [0.29, 0.717) is 5.01 Å². The maximum atomic E-state index is 10.1. The Morgan fingerprint density at radius 2 is 1.75 bits per heavy atom. The minimum Gasteiger partial charge on any atom is -0.235 e. The van der Waals surface area contributed by atoms with Gasteiger partial charge in [-0.1, -0.05) is 10.2 Å². The Morgan fingerprint density at radius 3 is 2.00 bits per heavy atom. The van der Waals surface area contributed by atoms with Crippen LogP contribution >= 0.6 is 0 Å². The van der Waals surface area contributed by atoms with E-state index in [9.17, 15) is 10.1 Å². The first-order valence-electron chi connectivity index (χ1n) is 2.63. The summed E-state index contributed by atoms with van der Waals surface area (Å²) < 4.78 is 0. The van der Waals surface area contributed by atoms with Gasteiger partial charge in [0.15, 0.2) is 18.4 Å². The average Bonchev–Trinajstić information content (AvgIpc) is 2.04. The third kappa shape index (κ3) is 3.77. The van der Waals surface area contributed by atoms with Crippen molar-refractivity contribution in [3.8, 4) is 0 Å². The molecule has 0 fully saturated rings. The lowest BCUT2D eigenvalue weighted by Crippen LogP contribution is -2.29. The van der Waals surface area contributed by atoms with Crippen LogP contribution in [0, 0.1) is 10.1 Å². The molecule has 10 nitrogen and oxygen atoms in total. The van der Waals surface area contributed by atoms with Gasteiger partial charge in [-0.15, -0.1) is 5.01 Å². The molecule has 0 aromatic heterocycles. The van der Waals surface area contributed by atoms with Crippen LogP contribution in [0.3, 0.4) is 0 Å². The molecule has 0 radical (unpaired) electrons. The Kier molecular flexibility index (Phi) is 4.58. The fourth-order valence-electron chi connectivity index (χ4n) is 0.351. The highest BCUT2D eigenvalue weighted by Gasteiger charge is 2.09. The van der Waals surface area contributed by atoms with E-state index in [1.165, 1.54) is 0 Å². The lowest BCUT2D eigenvalue weighted by atomic mass is 10.9. The van der Waals surface area contributed by atoms with Crippen molar-refractivity contribution >= 4 is 0 Å². The summed E-state index contributed by atoms with van der Waals surface area (Å²) in [5.74, 6) is 0. The van der Waals surface area contributed by atoms with Crippen LogP contribution < -0.4 is 0 Å². The molecule has 0 saturated carbocycles. The highest BCUT2D eigenvalue weighted by atomic mass is 16.7. The van der Waals surface area contributed by atoms with E-state index < -0.39 is 18.4 Å². The van der Waals surface area contributed by atoms with Crippen LogP contribution in [0.25, 0.3) is 20.9 Å². The first-order chi connectivity index (χ1) is 5.72. The molecule has 0 saturated heterocycles. The molecule has 0 N–H and O–H groups in total. The van der Waals surface area contributed by atoms with Crippen molar-refractivity contribution < 1.29 is 5.03 Å². The van der Waals surface area contributed by atoms with Crippen LogP contribution in [0.5, 0.6) is 0 Å². The number of hydrogen-bond acceptors (Lipinski definition) is 4. The summed E-state index contributed by atoms with van der Waals surface area (Å²) in [5, 5.41) is 15.6. The molecule has 0 aliphatic rings. The molecule has 0 aliphatic heterocycles. The SMILES string of the molecule is [N-]=[N+]=NCN(CN=[N+]=[N-])[N+](=O)[O-]. The van der Waals surface area contributed by atoms with Crippen molar-refractivity contribution in [1.29, 1.82) is 0 Å². The standard InChI is InChI=1S/C2H4N8O2/c3-7-5-1-9(10(11)12)2-6-8-4/h1-2H2. The molecule has 0 aromatic carbocycles. The van der Waals surface area contributed by atoms with Crippen molar-refractivity contribution in [3.63, 3.8) is 0 Å². The van der Waals surface area contributed by atoms with Gasteiger partial charge in [-0.05, 0) is 11.1 Å². The Labute approximate surface area is 65.8 Å². The Morgan fingerprint density at radius 1 is 1.33 bits per heavy atom. The van der Waals surface area contributed by atoms with Crippen molar-refractivity contribution in [1.82, 2.24) is 5.01 Å². The highest BCUT2D eigenvalue weighted by molar-refractivity contribution is 4.46. The molecule has 64 valence electrons. The van der Waals surface area contributed by atoms with Gasteiger partial charge in [-0.25, -0.2) is 10.1 Å². The van der Waals surface area contributed by atoms with Crippen molar-refractivity contribution in [2.24, 2.45) is 10.2 Å². The number of hydrogen-bond donors (Lipinski definition) is 0. The minimum absolute atomic E-state index is 0.470. The van der Waals surface area contributed by atoms with Crippen LogP contribution in [-0.2, 0) is 0 Å². The molecule has 0 rings (SSSR count). The Bertz CT molecular complexity index is 228. The van der Waals surface area contributed by atoms with Crippen LogP contribution in [-0.4, -0.2) is 23.4 Å². The largest absolute Gasteiger partial charge is 0.235 e. The quantitative estimate of drug-likeness (QED) is 0.200. The normalized spacial score (nSPS) is 7.67. The third-order valence-electron chi connectivity index (χ3n) is 0.810. The van der Waals surface area contributed by atoms with Crippen molar-refractivity contribution in [2.75, 3.05) is 13.3 Å². The summed E-state index contributed by atoms with van der Waals surface area (Å²) in [6, 6.07) is 0. The highest BCUT2D eigenvalue weighted by Crippen LogP contribution is 1.89. The average molecular weight is 172 g/mol. The van der Waals surface area contributed by atoms with Crippen LogP contribution in [0.15, 0.2) is 10.2 Å². The van der Waals surface area contributed by atoms with E-state index in [0.717, 1.165) is 0 Å². The molecule has 12 heavy (non-hydrogen) atoms. The fraction of sp³-hybridized carbons (Fsp3) is 1.00. The Hall–Kier alpha value is -2.18. The summed E-state index contributed by atoms with van der Waals surface area (Å²) >= 11 is 0. The molecule has 0 amide bonds. The van der Waals surface area contributed by atoms with Crippen molar-refractivity contribution in [3.05, 3.63) is 31.0 Å². The molecule has 0 unspecified atom stereocenters. The Balaban J connectivity index is 4.12. The van der Waals surface area contributed by atoms with Gasteiger partial charge in [0, 0.05) is 9.82 Å². The zero-order chi connectivity index (χ0) is 9.40. The molecule has 0 heterocycles. The molecule has 0 aliphatic carbocycles. The fourth-order valence-corrected chi connectivity index (χ4v) is 0.351. The monoisotopic (exact) mass is 172 g/mol. The predicted octanol–water partition coefficient (Wildman–Crippen LogP) is 1.02. The maximum absolute atomic E-state index is 10.1. The van der Waals surface area contributed by atoms with Crippen LogP contribution in [0.4, 0.5) is 0 Å². The van der Waals surface area contributed by atoms with Gasteiger partial charge < -0.3 is 0 Å². The van der Waals surface area contributed by atoms with Gasteiger partial charge >= 0.3 is 0 Å². The first kappa shape index (κ1) is 9.82. The van der Waals surface area contributed by atoms with E-state index in [4.69, 9.17) is 11.1 Å². The van der Waals surface area contributed by atoms with Gasteiger partial charge in [0.2, 0.25) is 0 Å². The summed E-state index contributed by atoms with van der Waals surface area (Å²) in [6.07, 6.45) is 0. The van der Waals surface area contributed by atoms with Gasteiger partial charge in [0.25, 0.3) is 0 Å². The number of nitro groups is 1. The number of rotatable bonds is 5. The van der Waals surface area contributed by atoms with Gasteiger partial charge in [-0.3, -0.25) is 0 Å². The molecule has 0 atom stereocenters. The van der Waals surface area contributed by atoms with E-state index in [2.05, 4.69) is 20.1 Å². The number of azide groups is 2. The lowest BCUT2D eigenvalue weighted by Gasteiger charge is -2.06. The summed E-state index contributed by atoms with van der Waals surface area (Å²) in [7, 11) is 0. The van der Waals surface area contributed by atoms with Crippen LogP contribution in [0.1, 0.15) is 0 Å². The van der Waals surface area contributed by atoms with Gasteiger partial charge in [-0.2, -0.15) is 0 Å². The van der Waals surface area contributed by atoms with Gasteiger partial charge in [0.1, 0.15) is 0 Å². The number of hydrazine groups is 1.